The van der Waals surface area contributed by atoms with Crippen molar-refractivity contribution in [3.63, 3.8) is 0 Å². The van der Waals surface area contributed by atoms with Crippen LogP contribution in [0.5, 0.6) is 0 Å². The van der Waals surface area contributed by atoms with Crippen LogP contribution in [0.4, 0.5) is 13.2 Å². The molecule has 3 aromatic rings. The Morgan fingerprint density at radius 1 is 1.36 bits per heavy atom. The lowest BCUT2D eigenvalue weighted by molar-refractivity contribution is -0.137. The van der Waals surface area contributed by atoms with Crippen LogP contribution in [0.25, 0.3) is 16.7 Å². The molecule has 0 fully saturated rings. The third kappa shape index (κ3) is 3.30. The Balaban J connectivity index is 2.25. The molecular weight excluding hydrogens is 364 g/mol. The van der Waals surface area contributed by atoms with E-state index in [1.165, 1.54) is 6.92 Å². The smallest absolute Gasteiger partial charge is 0.324 e. The summed E-state index contributed by atoms with van der Waals surface area (Å²) in [4.78, 5) is 24.1. The molecule has 1 aromatic carbocycles. The van der Waals surface area contributed by atoms with Gasteiger partial charge in [0.15, 0.2) is 0 Å². The second-order valence-electron chi connectivity index (χ2n) is 5.17. The minimum atomic E-state index is -4.58. The van der Waals surface area contributed by atoms with Crippen molar-refractivity contribution in [1.82, 2.24) is 19.6 Å². The van der Waals surface area contributed by atoms with Crippen molar-refractivity contribution in [2.45, 2.75) is 19.3 Å². The van der Waals surface area contributed by atoms with Crippen molar-refractivity contribution in [2.24, 2.45) is 0 Å². The summed E-state index contributed by atoms with van der Waals surface area (Å²) in [5, 5.41) is 7.35. The van der Waals surface area contributed by atoms with Gasteiger partial charge in [0.05, 0.1) is 23.2 Å². The van der Waals surface area contributed by atoms with Gasteiger partial charge in [-0.1, -0.05) is 0 Å². The molecule has 2 N–H and O–H groups in total. The van der Waals surface area contributed by atoms with Crippen LogP contribution in [-0.4, -0.2) is 31.1 Å². The van der Waals surface area contributed by atoms with Gasteiger partial charge in [0, 0.05) is 0 Å². The zero-order valence-electron chi connectivity index (χ0n) is 12.7. The van der Waals surface area contributed by atoms with Gasteiger partial charge in [-0.15, -0.1) is 10.2 Å². The van der Waals surface area contributed by atoms with Gasteiger partial charge in [-0.2, -0.15) is 13.2 Å². The maximum atomic E-state index is 12.8. The van der Waals surface area contributed by atoms with Gasteiger partial charge in [-0.3, -0.25) is 13.8 Å². The molecule has 0 saturated heterocycles. The molecule has 0 amide bonds. The number of aromatic nitrogens is 4. The Kier molecular flexibility index (Phi) is 4.18. The van der Waals surface area contributed by atoms with Gasteiger partial charge in [0.1, 0.15) is 12.0 Å². The SMILES string of the molecule is CCOP(=O)(O)Cc1nnc2c(=O)[nH]c3cc(C(F)(F)F)ccc3n12. The largest absolute Gasteiger partial charge is 0.416 e. The fourth-order valence-corrected chi connectivity index (χ4v) is 3.49. The topological polar surface area (TPSA) is 110 Å². The van der Waals surface area contributed by atoms with Gasteiger partial charge < -0.3 is 14.4 Å². The number of fused-ring (bicyclic) bond motifs is 3. The normalized spacial score (nSPS) is 14.9. The predicted octanol–water partition coefficient (Wildman–Crippen LogP) is 2.31. The summed E-state index contributed by atoms with van der Waals surface area (Å²) in [5.41, 5.74) is -1.84. The number of benzene rings is 1. The first-order chi connectivity index (χ1) is 11.6. The zero-order valence-corrected chi connectivity index (χ0v) is 13.6. The number of nitrogens with one attached hydrogen (secondary N) is 1. The molecule has 2 aromatic heterocycles. The quantitative estimate of drug-likeness (QED) is 0.677. The van der Waals surface area contributed by atoms with E-state index >= 15 is 0 Å². The molecule has 1 unspecified atom stereocenters. The van der Waals surface area contributed by atoms with Crippen molar-refractivity contribution in [3.05, 3.63) is 39.9 Å². The predicted molar refractivity (Wildman–Crippen MR) is 81.3 cm³/mol. The van der Waals surface area contributed by atoms with Crippen LogP contribution in [0.1, 0.15) is 18.3 Å². The molecule has 1 atom stereocenters. The van der Waals surface area contributed by atoms with E-state index in [0.29, 0.717) is 0 Å². The highest BCUT2D eigenvalue weighted by molar-refractivity contribution is 7.51. The molecule has 0 spiro atoms. The van der Waals surface area contributed by atoms with Crippen LogP contribution in [0, 0.1) is 0 Å². The lowest BCUT2D eigenvalue weighted by Gasteiger charge is -2.11. The average molecular weight is 376 g/mol. The highest BCUT2D eigenvalue weighted by Crippen LogP contribution is 2.45. The summed E-state index contributed by atoms with van der Waals surface area (Å²) in [6.45, 7) is 1.52. The molecular formula is C13H12F3N4O4P. The van der Waals surface area contributed by atoms with E-state index in [1.54, 1.807) is 0 Å². The average Bonchev–Trinajstić information content (AvgIpc) is 2.89. The number of rotatable bonds is 4. The summed E-state index contributed by atoms with van der Waals surface area (Å²) in [5.74, 6) is -0.0647. The Morgan fingerprint density at radius 3 is 2.72 bits per heavy atom. The number of alkyl halides is 3. The first kappa shape index (κ1) is 17.6. The van der Waals surface area contributed by atoms with E-state index in [-0.39, 0.29) is 29.1 Å². The van der Waals surface area contributed by atoms with Gasteiger partial charge in [0.2, 0.25) is 5.65 Å². The molecule has 0 aliphatic carbocycles. The van der Waals surface area contributed by atoms with Gasteiger partial charge >= 0.3 is 13.8 Å². The maximum absolute atomic E-state index is 12.8. The molecule has 25 heavy (non-hydrogen) atoms. The van der Waals surface area contributed by atoms with Crippen molar-refractivity contribution >= 4 is 24.3 Å². The van der Waals surface area contributed by atoms with Gasteiger partial charge in [-0.05, 0) is 25.1 Å². The van der Waals surface area contributed by atoms with E-state index in [1.807, 2.05) is 0 Å². The van der Waals surface area contributed by atoms with Crippen LogP contribution in [0.2, 0.25) is 0 Å². The fourth-order valence-electron chi connectivity index (χ4n) is 2.43. The summed E-state index contributed by atoms with van der Waals surface area (Å²) >= 11 is 0. The summed E-state index contributed by atoms with van der Waals surface area (Å²) in [7, 11) is -4.03. The fraction of sp³-hybridized carbons (Fsp3) is 0.308. The second-order valence-corrected chi connectivity index (χ2v) is 7.02. The van der Waals surface area contributed by atoms with Crippen LogP contribution >= 0.6 is 7.60 Å². The Labute approximate surface area is 137 Å². The van der Waals surface area contributed by atoms with E-state index in [2.05, 4.69) is 15.2 Å². The lowest BCUT2D eigenvalue weighted by atomic mass is 10.2. The second kappa shape index (κ2) is 5.94. The molecule has 2 heterocycles. The molecule has 0 saturated carbocycles. The third-order valence-corrected chi connectivity index (χ3v) is 4.76. The monoisotopic (exact) mass is 376 g/mol. The van der Waals surface area contributed by atoms with Gasteiger partial charge in [0.25, 0.3) is 5.56 Å². The van der Waals surface area contributed by atoms with Crippen LogP contribution in [-0.2, 0) is 21.4 Å². The van der Waals surface area contributed by atoms with Crippen LogP contribution in [0.3, 0.4) is 0 Å². The van der Waals surface area contributed by atoms with Crippen molar-refractivity contribution in [1.29, 1.82) is 0 Å². The number of nitrogens with zero attached hydrogens (tertiary/aromatic N) is 3. The highest BCUT2D eigenvalue weighted by Gasteiger charge is 2.31. The Morgan fingerprint density at radius 2 is 2.08 bits per heavy atom. The number of hydrogen-bond acceptors (Lipinski definition) is 5. The first-order valence-electron chi connectivity index (χ1n) is 7.06. The minimum Gasteiger partial charge on any atom is -0.324 e. The molecule has 134 valence electrons. The van der Waals surface area contributed by atoms with E-state index in [9.17, 15) is 27.4 Å². The molecule has 8 nitrogen and oxygen atoms in total. The van der Waals surface area contributed by atoms with Crippen molar-refractivity contribution in [2.75, 3.05) is 6.61 Å². The van der Waals surface area contributed by atoms with Crippen LogP contribution < -0.4 is 5.56 Å². The van der Waals surface area contributed by atoms with E-state index in [0.717, 1.165) is 22.6 Å². The Hall–Kier alpha value is -2.23. The zero-order chi connectivity index (χ0) is 18.4. The number of hydrogen-bond donors (Lipinski definition) is 2. The van der Waals surface area contributed by atoms with Crippen molar-refractivity contribution < 1.29 is 27.2 Å². The number of aromatic amines is 1. The third-order valence-electron chi connectivity index (χ3n) is 3.42. The van der Waals surface area contributed by atoms with E-state index in [4.69, 9.17) is 4.52 Å². The molecule has 3 rings (SSSR count). The first-order valence-corrected chi connectivity index (χ1v) is 8.82. The highest BCUT2D eigenvalue weighted by atomic mass is 31.2. The standard InChI is InChI=1S/C13H12F3N4O4P/c1-2-24-25(22,23)6-10-18-19-11-12(21)17-8-5-7(13(14,15)16)3-4-9(8)20(10)11/h3-5H,2,6H2,1H3,(H,17,21)(H,22,23). The maximum Gasteiger partial charge on any atom is 0.416 e. The summed E-state index contributed by atoms with van der Waals surface area (Å²) < 4.78 is 56.4. The Bertz CT molecular complexity index is 1060. The van der Waals surface area contributed by atoms with Crippen LogP contribution in [0.15, 0.2) is 23.0 Å². The van der Waals surface area contributed by atoms with Gasteiger partial charge in [-0.25, -0.2) is 0 Å². The lowest BCUT2D eigenvalue weighted by Crippen LogP contribution is -2.13. The minimum absolute atomic E-state index is 0.0131. The van der Waals surface area contributed by atoms with E-state index < -0.39 is 31.1 Å². The molecule has 0 aliphatic rings. The molecule has 0 bridgehead atoms. The summed E-state index contributed by atoms with van der Waals surface area (Å²) in [6.07, 6.45) is -5.12. The summed E-state index contributed by atoms with van der Waals surface area (Å²) in [6, 6.07) is 2.75. The molecule has 12 heteroatoms. The number of H-pyrrole nitrogens is 1. The number of halogens is 3. The molecule has 0 aliphatic heterocycles. The molecule has 0 radical (unpaired) electrons. The van der Waals surface area contributed by atoms with Crippen molar-refractivity contribution in [3.8, 4) is 0 Å².